The molecule has 0 heterocycles. The maximum atomic E-state index is 2.93. The van der Waals surface area contributed by atoms with E-state index in [0.29, 0.717) is 0 Å². The van der Waals surface area contributed by atoms with Gasteiger partial charge in [0.05, 0.1) is 0 Å². The van der Waals surface area contributed by atoms with E-state index in [1.54, 1.807) is 0 Å². The second kappa shape index (κ2) is 9.07. The lowest BCUT2D eigenvalue weighted by Crippen LogP contribution is -2.01. The summed E-state index contributed by atoms with van der Waals surface area (Å²) in [5.74, 6) is 0. The molecule has 0 fully saturated rings. The molecule has 2 heteroatoms. The Morgan fingerprint density at radius 3 is 1.80 bits per heavy atom. The quantitative estimate of drug-likeness (QED) is 0.446. The van der Waals surface area contributed by atoms with Crippen LogP contribution in [0.25, 0.3) is 0 Å². The van der Waals surface area contributed by atoms with E-state index in [1.165, 1.54) is 0 Å². The van der Waals surface area contributed by atoms with E-state index < -0.39 is 0 Å². The zero-order valence-corrected chi connectivity index (χ0v) is 3.71. The van der Waals surface area contributed by atoms with E-state index in [2.05, 4.69) is 12.2 Å². The summed E-state index contributed by atoms with van der Waals surface area (Å²) in [6, 6.07) is 0. The van der Waals surface area contributed by atoms with Gasteiger partial charge in [0.2, 0.25) is 0 Å². The van der Waals surface area contributed by atoms with Crippen molar-refractivity contribution in [2.24, 2.45) is 0 Å². The van der Waals surface area contributed by atoms with E-state index in [0.717, 1.165) is 6.54 Å². The van der Waals surface area contributed by atoms with Crippen molar-refractivity contribution in [2.75, 3.05) is 13.6 Å². The molecule has 0 rings (SSSR count). The zero-order chi connectivity index (χ0) is 3.41. The number of hydrogen-bond acceptors (Lipinski definition) is 1. The van der Waals surface area contributed by atoms with Crippen LogP contribution in [-0.2, 0) is 0 Å². The Hall–Kier alpha value is -0.0800. The average Bonchev–Trinajstić information content (AvgIpc) is 1.37. The first-order valence-electron chi connectivity index (χ1n) is 1.56. The van der Waals surface area contributed by atoms with Crippen molar-refractivity contribution in [3.05, 3.63) is 0 Å². The highest BCUT2D eigenvalue weighted by atomic mass is 16.0. The van der Waals surface area contributed by atoms with Gasteiger partial charge in [-0.2, -0.15) is 0 Å². The van der Waals surface area contributed by atoms with Crippen molar-refractivity contribution in [1.82, 2.24) is 5.32 Å². The van der Waals surface area contributed by atoms with Crippen LogP contribution in [0.5, 0.6) is 0 Å². The lowest BCUT2D eigenvalue weighted by molar-refractivity contribution is 0.824. The summed E-state index contributed by atoms with van der Waals surface area (Å²) in [4.78, 5) is 0. The van der Waals surface area contributed by atoms with Gasteiger partial charge in [-0.05, 0) is 13.6 Å². The summed E-state index contributed by atoms with van der Waals surface area (Å²) in [6.45, 7) is 3.14. The third kappa shape index (κ3) is 17.1. The van der Waals surface area contributed by atoms with Crippen molar-refractivity contribution in [3.63, 3.8) is 0 Å². The molecule has 0 unspecified atom stereocenters. The van der Waals surface area contributed by atoms with Crippen LogP contribution >= 0.6 is 0 Å². The average molecular weight is 77.1 g/mol. The first-order valence-corrected chi connectivity index (χ1v) is 1.56. The SMILES string of the molecule is CCNC.O. The molecule has 0 aliphatic rings. The summed E-state index contributed by atoms with van der Waals surface area (Å²) in [5.41, 5.74) is 0. The van der Waals surface area contributed by atoms with Crippen molar-refractivity contribution < 1.29 is 5.48 Å². The summed E-state index contributed by atoms with van der Waals surface area (Å²) >= 11 is 0. The topological polar surface area (TPSA) is 43.5 Å². The molecule has 0 aliphatic heterocycles. The molecule has 0 spiro atoms. The van der Waals surface area contributed by atoms with Crippen molar-refractivity contribution >= 4 is 0 Å². The molecule has 0 aliphatic carbocycles. The Labute approximate surface area is 32.5 Å². The third-order valence-corrected chi connectivity index (χ3v) is 0.354. The van der Waals surface area contributed by atoms with Gasteiger partial charge in [-0.1, -0.05) is 6.92 Å². The monoisotopic (exact) mass is 77.1 g/mol. The molecule has 0 atom stereocenters. The number of hydrogen-bond donors (Lipinski definition) is 1. The fraction of sp³-hybridized carbons (Fsp3) is 1.00. The molecule has 0 radical (unpaired) electrons. The minimum absolute atomic E-state index is 0. The van der Waals surface area contributed by atoms with Crippen LogP contribution in [0, 0.1) is 0 Å². The summed E-state index contributed by atoms with van der Waals surface area (Å²) in [6.07, 6.45) is 0. The van der Waals surface area contributed by atoms with E-state index in [1.807, 2.05) is 7.05 Å². The van der Waals surface area contributed by atoms with Gasteiger partial charge in [0.15, 0.2) is 0 Å². The van der Waals surface area contributed by atoms with Crippen LogP contribution in [-0.4, -0.2) is 19.1 Å². The van der Waals surface area contributed by atoms with Crippen LogP contribution < -0.4 is 5.32 Å². The summed E-state index contributed by atoms with van der Waals surface area (Å²) < 4.78 is 0. The van der Waals surface area contributed by atoms with Crippen LogP contribution in [0.3, 0.4) is 0 Å². The Morgan fingerprint density at radius 1 is 1.60 bits per heavy atom. The Morgan fingerprint density at radius 2 is 1.80 bits per heavy atom. The second-order valence-corrected chi connectivity index (χ2v) is 0.707. The molecule has 3 N–H and O–H groups in total. The van der Waals surface area contributed by atoms with E-state index in [4.69, 9.17) is 0 Å². The highest BCUT2D eigenvalue weighted by molar-refractivity contribution is 4.15. The smallest absolute Gasteiger partial charge is 0.00804 e. The van der Waals surface area contributed by atoms with Crippen molar-refractivity contribution in [3.8, 4) is 0 Å². The largest absolute Gasteiger partial charge is 0.412 e. The molecule has 0 saturated carbocycles. The molecule has 0 bridgehead atoms. The first kappa shape index (κ1) is 8.87. The fourth-order valence-electron chi connectivity index (χ4n) is 0. The molecule has 0 amide bonds. The third-order valence-electron chi connectivity index (χ3n) is 0.354. The fourth-order valence-corrected chi connectivity index (χ4v) is 0. The predicted molar refractivity (Wildman–Crippen MR) is 23.2 cm³/mol. The van der Waals surface area contributed by atoms with Crippen molar-refractivity contribution in [2.45, 2.75) is 6.92 Å². The molecule has 2 nitrogen and oxygen atoms in total. The predicted octanol–water partition coefficient (Wildman–Crippen LogP) is -0.599. The van der Waals surface area contributed by atoms with E-state index in [-0.39, 0.29) is 5.48 Å². The molecule has 0 aromatic carbocycles. The Bertz CT molecular complexity index is 8.85. The van der Waals surface area contributed by atoms with Crippen molar-refractivity contribution in [1.29, 1.82) is 0 Å². The minimum Gasteiger partial charge on any atom is -0.412 e. The highest BCUT2D eigenvalue weighted by Crippen LogP contribution is 1.34. The van der Waals surface area contributed by atoms with Gasteiger partial charge in [0, 0.05) is 0 Å². The van der Waals surface area contributed by atoms with E-state index in [9.17, 15) is 0 Å². The Balaban J connectivity index is 0. The standard InChI is InChI=1S/C3H9N.H2O/c1-3-4-2;/h4H,3H2,1-2H3;1H2. The summed E-state index contributed by atoms with van der Waals surface area (Å²) in [5, 5.41) is 2.93. The normalized spacial score (nSPS) is 6.00. The first-order chi connectivity index (χ1) is 1.91. The lowest BCUT2D eigenvalue weighted by atomic mass is 10.8. The van der Waals surface area contributed by atoms with Crippen LogP contribution in [0.15, 0.2) is 0 Å². The molecule has 0 aromatic heterocycles. The second-order valence-electron chi connectivity index (χ2n) is 0.707. The number of nitrogens with one attached hydrogen (secondary N) is 1. The molecule has 0 aromatic rings. The number of rotatable bonds is 1. The highest BCUT2D eigenvalue weighted by Gasteiger charge is 1.50. The molecule has 5 heavy (non-hydrogen) atoms. The van der Waals surface area contributed by atoms with Gasteiger partial charge < -0.3 is 10.8 Å². The Kier molecular flexibility index (Phi) is 16.1. The maximum Gasteiger partial charge on any atom is -0.00804 e. The van der Waals surface area contributed by atoms with Crippen LogP contribution in [0.1, 0.15) is 6.92 Å². The van der Waals surface area contributed by atoms with Gasteiger partial charge in [-0.15, -0.1) is 0 Å². The molecular formula is C3H11NO. The molecule has 34 valence electrons. The molecule has 0 saturated heterocycles. The van der Waals surface area contributed by atoms with Gasteiger partial charge in [-0.25, -0.2) is 0 Å². The lowest BCUT2D eigenvalue weighted by Gasteiger charge is -1.76. The van der Waals surface area contributed by atoms with Gasteiger partial charge in [-0.3, -0.25) is 0 Å². The van der Waals surface area contributed by atoms with Gasteiger partial charge in [0.25, 0.3) is 0 Å². The maximum absolute atomic E-state index is 2.93. The van der Waals surface area contributed by atoms with Crippen LogP contribution in [0.2, 0.25) is 0 Å². The van der Waals surface area contributed by atoms with Gasteiger partial charge in [0.1, 0.15) is 0 Å². The van der Waals surface area contributed by atoms with Gasteiger partial charge >= 0.3 is 0 Å². The molecular weight excluding hydrogens is 66.0 g/mol. The van der Waals surface area contributed by atoms with E-state index >= 15 is 0 Å². The zero-order valence-electron chi connectivity index (χ0n) is 3.71. The van der Waals surface area contributed by atoms with Crippen LogP contribution in [0.4, 0.5) is 0 Å². The minimum atomic E-state index is 0. The summed E-state index contributed by atoms with van der Waals surface area (Å²) in [7, 11) is 1.93.